The minimum Gasteiger partial charge on any atom is -0.508 e. The summed E-state index contributed by atoms with van der Waals surface area (Å²) < 4.78 is 32.2. The summed E-state index contributed by atoms with van der Waals surface area (Å²) in [5, 5.41) is 9.58. The number of carbonyl (C=O) groups is 2. The third-order valence-electron chi connectivity index (χ3n) is 9.89. The van der Waals surface area contributed by atoms with E-state index in [1.807, 2.05) is 33.8 Å². The molecule has 8 rings (SSSR count). The van der Waals surface area contributed by atoms with Crippen LogP contribution in [-0.4, -0.2) is 26.9 Å². The number of rotatable bonds is 7. The summed E-state index contributed by atoms with van der Waals surface area (Å²) in [6, 6.07) is 9.39. The molecular weight excluding hydrogens is 568 g/mol. The van der Waals surface area contributed by atoms with Gasteiger partial charge in [0, 0.05) is 0 Å². The Labute approximate surface area is 252 Å². The lowest BCUT2D eigenvalue weighted by Gasteiger charge is -2.50. The van der Waals surface area contributed by atoms with Crippen LogP contribution in [0.2, 0.25) is 0 Å². The van der Waals surface area contributed by atoms with E-state index >= 15 is 0 Å². The van der Waals surface area contributed by atoms with Gasteiger partial charge in [0.05, 0.1) is 20.8 Å². The minimum absolute atomic E-state index is 0.0450. The Morgan fingerprint density at radius 3 is 1.64 bits per heavy atom. The first-order valence-corrected chi connectivity index (χ1v) is 14.8. The van der Waals surface area contributed by atoms with Crippen molar-refractivity contribution in [3.8, 4) is 39.8 Å². The second-order valence-corrected chi connectivity index (χ2v) is 12.8. The number of nitrogens with zero attached hydrogens (tertiary/aromatic N) is 2. The van der Waals surface area contributed by atoms with Crippen molar-refractivity contribution in [2.24, 2.45) is 10.8 Å². The van der Waals surface area contributed by atoms with Gasteiger partial charge in [-0.2, -0.15) is 0 Å². The smallest absolute Gasteiger partial charge is 0.343 e. The number of aromatic hydroxyl groups is 1. The molecule has 0 spiro atoms. The highest BCUT2D eigenvalue weighted by Crippen LogP contribution is 2.57. The van der Waals surface area contributed by atoms with Crippen molar-refractivity contribution < 1.29 is 42.9 Å². The molecule has 3 aliphatic carbocycles. The molecule has 0 atom stereocenters. The molecule has 0 radical (unpaired) electrons. The molecule has 11 heteroatoms. The number of phenols is 1. The van der Waals surface area contributed by atoms with Gasteiger partial charge in [0.1, 0.15) is 5.75 Å². The molecule has 230 valence electrons. The Morgan fingerprint density at radius 1 is 0.727 bits per heavy atom. The average molecular weight is 603 g/mol. The summed E-state index contributed by atoms with van der Waals surface area (Å²) in [4.78, 5) is 29.1. The highest BCUT2D eigenvalue weighted by atomic mass is 17.3. The number of hydrogen-bond acceptors (Lipinski definition) is 9. The Morgan fingerprint density at radius 2 is 1.18 bits per heavy atom. The van der Waals surface area contributed by atoms with Crippen LogP contribution < -0.4 is 9.47 Å². The molecule has 44 heavy (non-hydrogen) atoms. The number of hydrogen-bond donors (Lipinski definition) is 1. The van der Waals surface area contributed by atoms with E-state index in [1.165, 1.54) is 34.1 Å². The van der Waals surface area contributed by atoms with Gasteiger partial charge in [-0.05, 0) is 141 Å². The van der Waals surface area contributed by atoms with Crippen LogP contribution in [0.25, 0.3) is 22.5 Å². The maximum absolute atomic E-state index is 13.7. The van der Waals surface area contributed by atoms with Crippen molar-refractivity contribution in [1.82, 2.24) is 9.82 Å². The van der Waals surface area contributed by atoms with E-state index in [0.29, 0.717) is 22.5 Å². The summed E-state index contributed by atoms with van der Waals surface area (Å²) in [7, 11) is 0. The number of ether oxygens (including phenoxy) is 2. The Kier molecular flexibility index (Phi) is 6.28. The van der Waals surface area contributed by atoms with Crippen molar-refractivity contribution in [3.05, 3.63) is 64.2 Å². The highest BCUT2D eigenvalue weighted by molar-refractivity contribution is 5.92. The van der Waals surface area contributed by atoms with Gasteiger partial charge in [-0.3, -0.25) is 4.79 Å². The van der Waals surface area contributed by atoms with Crippen LogP contribution in [0.15, 0.2) is 55.1 Å². The van der Waals surface area contributed by atoms with Crippen LogP contribution in [0.1, 0.15) is 78.1 Å². The number of phenolic OH excluding ortho intramolecular Hbond substituents is 1. The van der Waals surface area contributed by atoms with Gasteiger partial charge in [-0.15, -0.1) is 18.7 Å². The number of aryl methyl sites for hydroxylation is 2. The molecule has 2 aromatic heterocycles. The molecule has 0 amide bonds. The monoisotopic (exact) mass is 602 g/mol. The first-order valence-electron chi connectivity index (χ1n) is 14.8. The summed E-state index contributed by atoms with van der Waals surface area (Å²) in [6.07, 6.45) is 5.64. The van der Waals surface area contributed by atoms with E-state index in [0.717, 1.165) is 71.9 Å². The standard InChI is InChI=1S/C33H34N2O9/c1-18-16-24(39-30(37)22-6-8-23(36)9-7-22)28(34-41-42-34)20(3)26(18)27-19(2)17-25(29(21(27)4)35-43-44-35)40-31(38)33-13-10-32(5,11-14-33)12-15-33/h6-9,16-17,36H,10-15H2,1-5H3. The minimum atomic E-state index is -0.601. The zero-order chi connectivity index (χ0) is 31.0. The molecule has 2 heterocycles. The molecule has 3 fully saturated rings. The Balaban J connectivity index is 1.27. The second-order valence-electron chi connectivity index (χ2n) is 12.8. The van der Waals surface area contributed by atoms with E-state index < -0.39 is 11.4 Å². The predicted octanol–water partition coefficient (Wildman–Crippen LogP) is 7.73. The zero-order valence-corrected chi connectivity index (χ0v) is 25.3. The summed E-state index contributed by atoms with van der Waals surface area (Å²) in [6.45, 7) is 10.0. The fourth-order valence-corrected chi connectivity index (χ4v) is 7.08. The number of carbonyl (C=O) groups excluding carboxylic acids is 2. The van der Waals surface area contributed by atoms with Crippen LogP contribution >= 0.6 is 0 Å². The molecule has 2 bridgehead atoms. The summed E-state index contributed by atoms with van der Waals surface area (Å²) in [5.41, 5.74) is 6.02. The fourth-order valence-electron chi connectivity index (χ4n) is 7.08. The van der Waals surface area contributed by atoms with Crippen molar-refractivity contribution in [2.75, 3.05) is 0 Å². The molecule has 3 saturated carbocycles. The number of fused-ring (bicyclic) bond motifs is 3. The lowest BCUT2D eigenvalue weighted by molar-refractivity contribution is -0.155. The van der Waals surface area contributed by atoms with E-state index in [4.69, 9.17) is 28.2 Å². The number of benzene rings is 3. The molecule has 3 aliphatic rings. The maximum atomic E-state index is 13.7. The van der Waals surface area contributed by atoms with Gasteiger partial charge in [0.25, 0.3) is 0 Å². The first-order chi connectivity index (χ1) is 21.0. The molecule has 11 nitrogen and oxygen atoms in total. The molecule has 0 unspecified atom stereocenters. The Bertz CT molecular complexity index is 1840. The van der Waals surface area contributed by atoms with E-state index in [9.17, 15) is 14.7 Å². The highest BCUT2D eigenvalue weighted by Gasteiger charge is 2.51. The normalized spacial score (nSPS) is 21.2. The first kappa shape index (κ1) is 28.0. The average Bonchev–Trinajstić information content (AvgIpc) is 3.91. The largest absolute Gasteiger partial charge is 0.508 e. The lowest BCUT2D eigenvalue weighted by Crippen LogP contribution is -2.46. The molecule has 5 aromatic rings. The molecule has 1 N–H and O–H groups in total. The van der Waals surface area contributed by atoms with Crippen LogP contribution in [0, 0.1) is 38.5 Å². The van der Waals surface area contributed by atoms with E-state index in [-0.39, 0.29) is 23.0 Å². The summed E-state index contributed by atoms with van der Waals surface area (Å²) >= 11 is 0. The molecule has 0 saturated heterocycles. The third kappa shape index (κ3) is 4.67. The van der Waals surface area contributed by atoms with E-state index in [1.54, 1.807) is 6.07 Å². The zero-order valence-electron chi connectivity index (χ0n) is 25.3. The van der Waals surface area contributed by atoms with Gasteiger partial charge in [0.2, 0.25) is 0 Å². The predicted molar refractivity (Wildman–Crippen MR) is 155 cm³/mol. The second kappa shape index (κ2) is 9.87. The van der Waals surface area contributed by atoms with Crippen molar-refractivity contribution in [3.63, 3.8) is 0 Å². The number of esters is 2. The van der Waals surface area contributed by atoms with Crippen molar-refractivity contribution >= 4 is 11.9 Å². The quantitative estimate of drug-likeness (QED) is 0.113. The van der Waals surface area contributed by atoms with Crippen LogP contribution in [0.5, 0.6) is 17.2 Å². The van der Waals surface area contributed by atoms with Gasteiger partial charge in [0.15, 0.2) is 22.9 Å². The van der Waals surface area contributed by atoms with Crippen LogP contribution in [0.4, 0.5) is 0 Å². The molecule has 0 aliphatic heterocycles. The van der Waals surface area contributed by atoms with Gasteiger partial charge in [-0.1, -0.05) is 6.92 Å². The van der Waals surface area contributed by atoms with Gasteiger partial charge >= 0.3 is 11.9 Å². The van der Waals surface area contributed by atoms with Crippen LogP contribution in [0.3, 0.4) is 0 Å². The van der Waals surface area contributed by atoms with Gasteiger partial charge in [-0.25, -0.2) is 4.79 Å². The Hall–Kier alpha value is -4.80. The molecule has 3 aromatic carbocycles. The van der Waals surface area contributed by atoms with Crippen molar-refractivity contribution in [2.45, 2.75) is 73.1 Å². The van der Waals surface area contributed by atoms with E-state index in [2.05, 4.69) is 6.92 Å². The lowest BCUT2D eigenvalue weighted by atomic mass is 9.54. The fraction of sp³-hybridized carbons (Fsp3) is 0.394. The topological polar surface area (TPSA) is 135 Å². The van der Waals surface area contributed by atoms with Crippen LogP contribution in [-0.2, 0) is 4.79 Å². The SMILES string of the molecule is Cc1cc(OC(=O)c2ccc(O)cc2)c(-n2oo2)c(C)c1-c1c(C)cc(OC(=O)C23CCC(C)(CC2)CC3)c(-n2oo2)c1C. The van der Waals surface area contributed by atoms with Gasteiger partial charge < -0.3 is 14.6 Å². The van der Waals surface area contributed by atoms with Crippen molar-refractivity contribution in [1.29, 1.82) is 0 Å². The number of aromatic nitrogens is 2. The summed E-state index contributed by atoms with van der Waals surface area (Å²) in [5.74, 6) is -0.125. The maximum Gasteiger partial charge on any atom is 0.343 e. The third-order valence-corrected chi connectivity index (χ3v) is 9.89. The molecular formula is C33H34N2O9.